The maximum atomic E-state index is 12.1. The molecule has 0 bridgehead atoms. The lowest BCUT2D eigenvalue weighted by molar-refractivity contribution is -0.129. The van der Waals surface area contributed by atoms with E-state index < -0.39 is 6.09 Å². The molecule has 0 radical (unpaired) electrons. The molecule has 0 aliphatic heterocycles. The standard InChI is InChI=1S/C20H24N2O3S/c1-22(2)19(23)13-17(15-26-18-11-7-4-8-12-18)21-20(24)25-14-16-9-5-3-6-10-16/h3-12,17H,13-15H2,1-2H3,(H,21,24). The summed E-state index contributed by atoms with van der Waals surface area (Å²) in [4.78, 5) is 26.8. The maximum absolute atomic E-state index is 12.1. The van der Waals surface area contributed by atoms with Gasteiger partial charge in [-0.1, -0.05) is 48.5 Å². The number of hydrogen-bond acceptors (Lipinski definition) is 4. The van der Waals surface area contributed by atoms with Gasteiger partial charge in [0.05, 0.1) is 6.04 Å². The number of alkyl carbamates (subject to hydrolysis) is 1. The van der Waals surface area contributed by atoms with Gasteiger partial charge < -0.3 is 15.0 Å². The number of thioether (sulfide) groups is 1. The molecule has 2 amide bonds. The maximum Gasteiger partial charge on any atom is 0.407 e. The van der Waals surface area contributed by atoms with Gasteiger partial charge in [0.1, 0.15) is 6.61 Å². The van der Waals surface area contributed by atoms with Crippen LogP contribution in [0.3, 0.4) is 0 Å². The summed E-state index contributed by atoms with van der Waals surface area (Å²) in [7, 11) is 3.41. The Morgan fingerprint density at radius 3 is 2.27 bits per heavy atom. The topological polar surface area (TPSA) is 58.6 Å². The molecule has 2 aromatic rings. The largest absolute Gasteiger partial charge is 0.445 e. The van der Waals surface area contributed by atoms with Gasteiger partial charge in [-0.25, -0.2) is 4.79 Å². The zero-order valence-corrected chi connectivity index (χ0v) is 15.9. The van der Waals surface area contributed by atoms with Crippen LogP contribution in [0.15, 0.2) is 65.6 Å². The van der Waals surface area contributed by atoms with Crippen molar-refractivity contribution in [2.75, 3.05) is 19.8 Å². The highest BCUT2D eigenvalue weighted by Gasteiger charge is 2.19. The molecular weight excluding hydrogens is 348 g/mol. The molecule has 0 saturated heterocycles. The van der Waals surface area contributed by atoms with Crippen molar-refractivity contribution in [3.8, 4) is 0 Å². The Kier molecular flexibility index (Phi) is 8.02. The number of carbonyl (C=O) groups is 2. The number of carbonyl (C=O) groups excluding carboxylic acids is 2. The fourth-order valence-electron chi connectivity index (χ4n) is 2.19. The third-order valence-corrected chi connectivity index (χ3v) is 4.82. The number of nitrogens with zero attached hydrogens (tertiary/aromatic N) is 1. The first kappa shape index (κ1) is 19.8. The lowest BCUT2D eigenvalue weighted by atomic mass is 10.2. The first-order valence-corrected chi connectivity index (χ1v) is 9.38. The van der Waals surface area contributed by atoms with Crippen molar-refractivity contribution in [3.05, 3.63) is 66.2 Å². The molecule has 2 rings (SSSR count). The Labute approximate surface area is 158 Å². The molecule has 0 aliphatic rings. The molecule has 1 N–H and O–H groups in total. The van der Waals surface area contributed by atoms with Crippen LogP contribution in [0.2, 0.25) is 0 Å². The van der Waals surface area contributed by atoms with Crippen molar-refractivity contribution in [1.29, 1.82) is 0 Å². The fraction of sp³-hybridized carbons (Fsp3) is 0.300. The van der Waals surface area contributed by atoms with E-state index in [9.17, 15) is 9.59 Å². The SMILES string of the molecule is CN(C)C(=O)CC(CSc1ccccc1)NC(=O)OCc1ccccc1. The van der Waals surface area contributed by atoms with Crippen molar-refractivity contribution in [2.24, 2.45) is 0 Å². The van der Waals surface area contributed by atoms with E-state index in [0.29, 0.717) is 5.75 Å². The van der Waals surface area contributed by atoms with Crippen LogP contribution in [0.5, 0.6) is 0 Å². The lowest BCUT2D eigenvalue weighted by Crippen LogP contribution is -2.40. The van der Waals surface area contributed by atoms with Gasteiger partial charge >= 0.3 is 6.09 Å². The summed E-state index contributed by atoms with van der Waals surface area (Å²) in [6, 6.07) is 19.1. The second kappa shape index (κ2) is 10.5. The smallest absolute Gasteiger partial charge is 0.407 e. The van der Waals surface area contributed by atoms with E-state index in [1.807, 2.05) is 60.7 Å². The van der Waals surface area contributed by atoms with Crippen molar-refractivity contribution in [3.63, 3.8) is 0 Å². The normalized spacial score (nSPS) is 11.5. The zero-order valence-electron chi connectivity index (χ0n) is 15.1. The minimum absolute atomic E-state index is 0.0352. The van der Waals surface area contributed by atoms with Gasteiger partial charge in [-0.15, -0.1) is 11.8 Å². The Morgan fingerprint density at radius 2 is 1.65 bits per heavy atom. The monoisotopic (exact) mass is 372 g/mol. The third-order valence-electron chi connectivity index (χ3n) is 3.65. The average Bonchev–Trinajstić information content (AvgIpc) is 2.66. The Bertz CT molecular complexity index is 693. The molecule has 138 valence electrons. The molecule has 6 heteroatoms. The van der Waals surface area contributed by atoms with Gasteiger partial charge in [0.2, 0.25) is 5.91 Å². The summed E-state index contributed by atoms with van der Waals surface area (Å²) in [5.74, 6) is 0.552. The highest BCUT2D eigenvalue weighted by atomic mass is 32.2. The van der Waals surface area contributed by atoms with Crippen LogP contribution >= 0.6 is 11.8 Å². The predicted octanol–water partition coefficient (Wildman–Crippen LogP) is 3.55. The van der Waals surface area contributed by atoms with Crippen molar-refractivity contribution in [2.45, 2.75) is 24.0 Å². The van der Waals surface area contributed by atoms with E-state index in [0.717, 1.165) is 10.5 Å². The molecule has 1 atom stereocenters. The van der Waals surface area contributed by atoms with Crippen LogP contribution in [0.4, 0.5) is 4.79 Å². The number of benzene rings is 2. The molecule has 5 nitrogen and oxygen atoms in total. The molecule has 26 heavy (non-hydrogen) atoms. The number of rotatable bonds is 8. The van der Waals surface area contributed by atoms with Gasteiger partial charge in [-0.05, 0) is 17.7 Å². The van der Waals surface area contributed by atoms with Crippen LogP contribution in [0.1, 0.15) is 12.0 Å². The molecule has 0 fully saturated rings. The quantitative estimate of drug-likeness (QED) is 0.720. The van der Waals surface area contributed by atoms with Gasteiger partial charge in [0.25, 0.3) is 0 Å². The number of amides is 2. The van der Waals surface area contributed by atoms with Crippen LogP contribution in [0.25, 0.3) is 0 Å². The van der Waals surface area contributed by atoms with Crippen molar-refractivity contribution < 1.29 is 14.3 Å². The molecule has 0 spiro atoms. The molecule has 0 aromatic heterocycles. The number of ether oxygens (including phenoxy) is 1. The second-order valence-corrected chi connectivity index (χ2v) is 7.11. The van der Waals surface area contributed by atoms with E-state index >= 15 is 0 Å². The summed E-state index contributed by atoms with van der Waals surface area (Å²) in [5, 5.41) is 2.81. The van der Waals surface area contributed by atoms with Crippen LogP contribution in [-0.2, 0) is 16.1 Å². The van der Waals surface area contributed by atoms with Crippen molar-refractivity contribution in [1.82, 2.24) is 10.2 Å². The second-order valence-electron chi connectivity index (χ2n) is 6.02. The molecule has 0 heterocycles. The molecule has 1 unspecified atom stereocenters. The first-order chi connectivity index (χ1) is 12.5. The summed E-state index contributed by atoms with van der Waals surface area (Å²) >= 11 is 1.60. The third kappa shape index (κ3) is 7.19. The summed E-state index contributed by atoms with van der Waals surface area (Å²) in [6.45, 7) is 0.201. The van der Waals surface area contributed by atoms with Gasteiger partial charge in [-0.2, -0.15) is 0 Å². The molecule has 0 saturated carbocycles. The highest BCUT2D eigenvalue weighted by Crippen LogP contribution is 2.19. The highest BCUT2D eigenvalue weighted by molar-refractivity contribution is 7.99. The minimum Gasteiger partial charge on any atom is -0.445 e. The van der Waals surface area contributed by atoms with Crippen molar-refractivity contribution >= 4 is 23.8 Å². The van der Waals surface area contributed by atoms with E-state index in [1.54, 1.807) is 25.9 Å². The van der Waals surface area contributed by atoms with Gasteiger partial charge in [-0.3, -0.25) is 4.79 Å². The van der Waals surface area contributed by atoms with Crippen LogP contribution < -0.4 is 5.32 Å². The lowest BCUT2D eigenvalue weighted by Gasteiger charge is -2.20. The van der Waals surface area contributed by atoms with Crippen LogP contribution in [0, 0.1) is 0 Å². The average molecular weight is 372 g/mol. The minimum atomic E-state index is -0.515. The summed E-state index contributed by atoms with van der Waals surface area (Å²) < 4.78 is 5.27. The van der Waals surface area contributed by atoms with E-state index in [1.165, 1.54) is 4.90 Å². The number of hydrogen-bond donors (Lipinski definition) is 1. The Morgan fingerprint density at radius 1 is 1.04 bits per heavy atom. The Hall–Kier alpha value is -2.47. The molecule has 2 aromatic carbocycles. The summed E-state index contributed by atoms with van der Waals surface area (Å²) in [6.07, 6.45) is -0.285. The zero-order chi connectivity index (χ0) is 18.8. The number of nitrogens with one attached hydrogen (secondary N) is 1. The molecule has 0 aliphatic carbocycles. The van der Waals surface area contributed by atoms with E-state index in [-0.39, 0.29) is 25.0 Å². The molecular formula is C20H24N2O3S. The fourth-order valence-corrected chi connectivity index (χ4v) is 3.13. The summed E-state index contributed by atoms with van der Waals surface area (Å²) in [5.41, 5.74) is 0.919. The van der Waals surface area contributed by atoms with Crippen LogP contribution in [-0.4, -0.2) is 42.8 Å². The first-order valence-electron chi connectivity index (χ1n) is 8.40. The van der Waals surface area contributed by atoms with E-state index in [2.05, 4.69) is 5.32 Å². The van der Waals surface area contributed by atoms with Gasteiger partial charge in [0, 0.05) is 31.2 Å². The predicted molar refractivity (Wildman–Crippen MR) is 104 cm³/mol. The Balaban J connectivity index is 1.89. The van der Waals surface area contributed by atoms with Gasteiger partial charge in [0.15, 0.2) is 0 Å². The van der Waals surface area contributed by atoms with E-state index in [4.69, 9.17) is 4.74 Å².